The van der Waals surface area contributed by atoms with E-state index < -0.39 is 0 Å². The first-order chi connectivity index (χ1) is 10.1. The highest BCUT2D eigenvalue weighted by molar-refractivity contribution is 7.12. The van der Waals surface area contributed by atoms with Crippen molar-refractivity contribution in [3.05, 3.63) is 22.4 Å². The number of aliphatic hydroxyl groups excluding tert-OH is 1. The second-order valence-corrected chi connectivity index (χ2v) is 5.87. The molecule has 2 heterocycles. The molecule has 0 bridgehead atoms. The fraction of sp³-hybridized carbons (Fsp3) is 0.538. The van der Waals surface area contributed by atoms with E-state index >= 15 is 0 Å². The zero-order valence-corrected chi connectivity index (χ0v) is 12.6. The van der Waals surface area contributed by atoms with Crippen LogP contribution in [0.3, 0.4) is 0 Å². The zero-order valence-electron chi connectivity index (χ0n) is 11.7. The molecule has 0 saturated carbocycles. The Morgan fingerprint density at radius 2 is 2.29 bits per heavy atom. The third-order valence-electron chi connectivity index (χ3n) is 3.03. The average molecular weight is 313 g/mol. The first-order valence-electron chi connectivity index (χ1n) is 6.70. The minimum absolute atomic E-state index is 0.0376. The van der Waals surface area contributed by atoms with E-state index in [4.69, 9.17) is 9.84 Å². The number of hydrogen-bond donors (Lipinski definition) is 3. The molecule has 0 aromatic carbocycles. The summed E-state index contributed by atoms with van der Waals surface area (Å²) in [5.74, 6) is -0.632. The molecular weight excluding hydrogens is 294 g/mol. The minimum Gasteiger partial charge on any atom is -0.394 e. The summed E-state index contributed by atoms with van der Waals surface area (Å²) in [5, 5.41) is 10.9. The molecule has 3 N–H and O–H groups in total. The number of amides is 2. The number of carbonyl (C=O) groups is 2. The van der Waals surface area contributed by atoms with E-state index in [1.807, 2.05) is 11.8 Å². The van der Waals surface area contributed by atoms with Gasteiger partial charge in [0.1, 0.15) is 0 Å². The molecule has 1 saturated heterocycles. The average Bonchev–Trinajstić information content (AvgIpc) is 2.98. The van der Waals surface area contributed by atoms with Gasteiger partial charge in [-0.3, -0.25) is 25.3 Å². The van der Waals surface area contributed by atoms with E-state index in [1.54, 1.807) is 17.5 Å². The Labute approximate surface area is 126 Å². The molecule has 1 fully saturated rings. The van der Waals surface area contributed by atoms with E-state index in [0.29, 0.717) is 18.0 Å². The number of carbonyl (C=O) groups excluding carboxylic acids is 2. The van der Waals surface area contributed by atoms with Gasteiger partial charge in [-0.2, -0.15) is 0 Å². The molecule has 116 valence electrons. The highest BCUT2D eigenvalue weighted by atomic mass is 32.1. The van der Waals surface area contributed by atoms with Gasteiger partial charge in [-0.15, -0.1) is 11.3 Å². The lowest BCUT2D eigenvalue weighted by molar-refractivity contribution is -0.129. The van der Waals surface area contributed by atoms with Gasteiger partial charge in [-0.1, -0.05) is 6.07 Å². The van der Waals surface area contributed by atoms with Crippen LogP contribution in [0, 0.1) is 0 Å². The molecular formula is C13H19N3O4S. The number of nitrogens with zero attached hydrogens (tertiary/aromatic N) is 1. The first-order valence-corrected chi connectivity index (χ1v) is 7.58. The summed E-state index contributed by atoms with van der Waals surface area (Å²) in [6, 6.07) is 3.45. The predicted molar refractivity (Wildman–Crippen MR) is 77.8 cm³/mol. The van der Waals surface area contributed by atoms with E-state index in [2.05, 4.69) is 10.9 Å². The van der Waals surface area contributed by atoms with Crippen LogP contribution in [0.25, 0.3) is 0 Å². The van der Waals surface area contributed by atoms with E-state index in [-0.39, 0.29) is 37.2 Å². The molecule has 1 aliphatic heterocycles. The van der Waals surface area contributed by atoms with Crippen LogP contribution in [0.1, 0.15) is 16.6 Å². The third-order valence-corrected chi connectivity index (χ3v) is 3.90. The van der Waals surface area contributed by atoms with Crippen LogP contribution < -0.4 is 10.9 Å². The maximum Gasteiger partial charge on any atom is 0.279 e. The molecule has 0 spiro atoms. The lowest BCUT2D eigenvalue weighted by Gasteiger charge is -2.35. The second kappa shape index (κ2) is 7.51. The summed E-state index contributed by atoms with van der Waals surface area (Å²) >= 11 is 1.30. The fourth-order valence-electron chi connectivity index (χ4n) is 2.21. The minimum atomic E-state index is -0.332. The molecule has 2 atom stereocenters. The number of rotatable bonds is 4. The summed E-state index contributed by atoms with van der Waals surface area (Å²) in [7, 11) is 0. The molecule has 1 aromatic rings. The van der Waals surface area contributed by atoms with E-state index in [1.165, 1.54) is 11.3 Å². The smallest absolute Gasteiger partial charge is 0.279 e. The largest absolute Gasteiger partial charge is 0.394 e. The van der Waals surface area contributed by atoms with Crippen LogP contribution in [-0.2, 0) is 9.53 Å². The number of thiophene rings is 1. The fourth-order valence-corrected chi connectivity index (χ4v) is 2.83. The summed E-state index contributed by atoms with van der Waals surface area (Å²) in [5.41, 5.74) is 4.76. The van der Waals surface area contributed by atoms with Crippen LogP contribution >= 0.6 is 11.3 Å². The maximum absolute atomic E-state index is 11.8. The van der Waals surface area contributed by atoms with Crippen molar-refractivity contribution in [3.63, 3.8) is 0 Å². The van der Waals surface area contributed by atoms with Crippen LogP contribution in [-0.4, -0.2) is 60.3 Å². The monoisotopic (exact) mass is 313 g/mol. The normalized spacial score (nSPS) is 22.8. The maximum atomic E-state index is 11.8. The SMILES string of the molecule is CC1CN(CC(=O)NNC(=O)c2cccs2)CC(CO)O1. The summed E-state index contributed by atoms with van der Waals surface area (Å²) in [6.07, 6.45) is -0.313. The van der Waals surface area contributed by atoms with Crippen molar-refractivity contribution in [2.75, 3.05) is 26.2 Å². The summed E-state index contributed by atoms with van der Waals surface area (Å²) in [4.78, 5) is 25.9. The quantitative estimate of drug-likeness (QED) is 0.658. The van der Waals surface area contributed by atoms with Crippen molar-refractivity contribution in [2.24, 2.45) is 0 Å². The van der Waals surface area contributed by atoms with E-state index in [0.717, 1.165) is 0 Å². The Bertz CT molecular complexity index is 480. The number of hydrogen-bond acceptors (Lipinski definition) is 6. The lowest BCUT2D eigenvalue weighted by Crippen LogP contribution is -2.53. The Hall–Kier alpha value is -1.48. The first kappa shape index (κ1) is 15.9. The highest BCUT2D eigenvalue weighted by Crippen LogP contribution is 2.10. The molecule has 2 rings (SSSR count). The van der Waals surface area contributed by atoms with Crippen molar-refractivity contribution >= 4 is 23.2 Å². The zero-order chi connectivity index (χ0) is 15.2. The topological polar surface area (TPSA) is 90.9 Å². The van der Waals surface area contributed by atoms with Gasteiger partial charge in [-0.05, 0) is 18.4 Å². The van der Waals surface area contributed by atoms with Gasteiger partial charge >= 0.3 is 0 Å². The van der Waals surface area contributed by atoms with Crippen LogP contribution in [0.5, 0.6) is 0 Å². The molecule has 1 aliphatic rings. The van der Waals surface area contributed by atoms with Crippen LogP contribution in [0.2, 0.25) is 0 Å². The predicted octanol–water partition coefficient (Wildman–Crippen LogP) is -0.409. The number of aliphatic hydroxyl groups is 1. The van der Waals surface area contributed by atoms with Crippen molar-refractivity contribution in [1.82, 2.24) is 15.8 Å². The van der Waals surface area contributed by atoms with Gasteiger partial charge in [-0.25, -0.2) is 0 Å². The number of ether oxygens (including phenoxy) is 1. The van der Waals surface area contributed by atoms with Gasteiger partial charge < -0.3 is 9.84 Å². The van der Waals surface area contributed by atoms with Gasteiger partial charge in [0.15, 0.2) is 0 Å². The molecule has 7 nitrogen and oxygen atoms in total. The Morgan fingerprint density at radius 1 is 1.48 bits per heavy atom. The molecule has 8 heteroatoms. The number of nitrogens with one attached hydrogen (secondary N) is 2. The molecule has 21 heavy (non-hydrogen) atoms. The van der Waals surface area contributed by atoms with Crippen molar-refractivity contribution in [1.29, 1.82) is 0 Å². The van der Waals surface area contributed by atoms with Gasteiger partial charge in [0, 0.05) is 13.1 Å². The van der Waals surface area contributed by atoms with Crippen molar-refractivity contribution in [3.8, 4) is 0 Å². The third kappa shape index (κ3) is 4.78. The van der Waals surface area contributed by atoms with Gasteiger partial charge in [0.05, 0.1) is 30.2 Å². The Kier molecular flexibility index (Phi) is 5.68. The van der Waals surface area contributed by atoms with Crippen LogP contribution in [0.4, 0.5) is 0 Å². The molecule has 2 unspecified atom stereocenters. The van der Waals surface area contributed by atoms with Gasteiger partial charge in [0.25, 0.3) is 11.8 Å². The summed E-state index contributed by atoms with van der Waals surface area (Å²) < 4.78 is 5.50. The number of morpholine rings is 1. The summed E-state index contributed by atoms with van der Waals surface area (Å²) in [6.45, 7) is 3.08. The number of hydrazine groups is 1. The van der Waals surface area contributed by atoms with E-state index in [9.17, 15) is 9.59 Å². The second-order valence-electron chi connectivity index (χ2n) is 4.92. The van der Waals surface area contributed by atoms with Crippen molar-refractivity contribution in [2.45, 2.75) is 19.1 Å². The highest BCUT2D eigenvalue weighted by Gasteiger charge is 2.26. The molecule has 0 aliphatic carbocycles. The van der Waals surface area contributed by atoms with Crippen molar-refractivity contribution < 1.29 is 19.4 Å². The van der Waals surface area contributed by atoms with Gasteiger partial charge in [0.2, 0.25) is 0 Å². The molecule has 1 aromatic heterocycles. The molecule has 2 amide bonds. The standard InChI is InChI=1S/C13H19N3O4S/c1-9-5-16(6-10(8-17)20-9)7-12(18)14-15-13(19)11-3-2-4-21-11/h2-4,9-10,17H,5-8H2,1H3,(H,14,18)(H,15,19). The Morgan fingerprint density at radius 3 is 2.95 bits per heavy atom. The molecule has 0 radical (unpaired) electrons. The Balaban J connectivity index is 1.75. The lowest BCUT2D eigenvalue weighted by atomic mass is 10.2. The van der Waals surface area contributed by atoms with Crippen LogP contribution in [0.15, 0.2) is 17.5 Å².